The van der Waals surface area contributed by atoms with Gasteiger partial charge in [0, 0.05) is 29.6 Å². The fourth-order valence-corrected chi connectivity index (χ4v) is 5.68. The lowest BCUT2D eigenvalue weighted by Gasteiger charge is -2.27. The molecule has 5 heterocycles. The number of pyridine rings is 2. The van der Waals surface area contributed by atoms with E-state index in [1.54, 1.807) is 29.8 Å². The summed E-state index contributed by atoms with van der Waals surface area (Å²) in [6.45, 7) is 7.12. The van der Waals surface area contributed by atoms with Crippen LogP contribution >= 0.6 is 11.3 Å². The van der Waals surface area contributed by atoms with Crippen LogP contribution in [0.3, 0.4) is 0 Å². The zero-order valence-corrected chi connectivity index (χ0v) is 22.5. The van der Waals surface area contributed by atoms with Gasteiger partial charge in [-0.25, -0.2) is 0 Å². The van der Waals surface area contributed by atoms with Crippen LogP contribution in [0, 0.1) is 6.92 Å². The first-order valence-corrected chi connectivity index (χ1v) is 13.6. The summed E-state index contributed by atoms with van der Waals surface area (Å²) in [4.78, 5) is 33.5. The minimum Gasteiger partial charge on any atom is -0.391 e. The van der Waals surface area contributed by atoms with Gasteiger partial charge in [0.1, 0.15) is 0 Å². The Bertz CT molecular complexity index is 1480. The zero-order chi connectivity index (χ0) is 26.8. The molecule has 0 aliphatic carbocycles. The number of anilines is 2. The lowest BCUT2D eigenvalue weighted by atomic mass is 10.1. The molecule has 5 rings (SSSR count). The van der Waals surface area contributed by atoms with Crippen LogP contribution in [0.25, 0.3) is 16.8 Å². The second-order valence-electron chi connectivity index (χ2n) is 9.82. The van der Waals surface area contributed by atoms with E-state index >= 15 is 0 Å². The van der Waals surface area contributed by atoms with Gasteiger partial charge in [0.05, 0.1) is 29.9 Å². The average Bonchev–Trinajstić information content (AvgIpc) is 3.65. The second kappa shape index (κ2) is 11.0. The van der Waals surface area contributed by atoms with Crippen molar-refractivity contribution in [3.63, 3.8) is 0 Å². The number of aliphatic hydroxyl groups excluding tert-OH is 1. The van der Waals surface area contributed by atoms with Crippen molar-refractivity contribution in [1.82, 2.24) is 24.5 Å². The van der Waals surface area contributed by atoms with E-state index < -0.39 is 5.91 Å². The third-order valence-electron chi connectivity index (χ3n) is 6.88. The molecule has 0 radical (unpaired) electrons. The summed E-state index contributed by atoms with van der Waals surface area (Å²) in [6.07, 6.45) is 5.90. The van der Waals surface area contributed by atoms with Crippen molar-refractivity contribution in [2.75, 3.05) is 17.2 Å². The van der Waals surface area contributed by atoms with E-state index in [0.717, 1.165) is 35.4 Å². The van der Waals surface area contributed by atoms with Gasteiger partial charge in [-0.05, 0) is 80.9 Å². The van der Waals surface area contributed by atoms with Crippen LogP contribution in [0.2, 0.25) is 0 Å². The molecule has 198 valence electrons. The number of likely N-dealkylation sites (tertiary alicyclic amines) is 1. The minimum atomic E-state index is -0.435. The van der Waals surface area contributed by atoms with Gasteiger partial charge in [0.25, 0.3) is 5.91 Å². The molecule has 1 saturated heterocycles. The normalized spacial score (nSPS) is 15.9. The Labute approximate surface area is 224 Å². The molecule has 38 heavy (non-hydrogen) atoms. The van der Waals surface area contributed by atoms with Gasteiger partial charge in [-0.1, -0.05) is 0 Å². The van der Waals surface area contributed by atoms with Crippen LogP contribution in [0.5, 0.6) is 0 Å². The molecule has 3 N–H and O–H groups in total. The molecule has 0 spiro atoms. The van der Waals surface area contributed by atoms with E-state index in [-0.39, 0.29) is 24.4 Å². The monoisotopic (exact) mass is 533 g/mol. The molecule has 4 aromatic rings. The standard InChI is InChI=1S/C27H31N7O3S/c1-16(2)33-7-4-5-21(33)12-25(36)29-20-11-23(17(3)28-13-20)30-27(37)26-32-31-24-10-18(6-8-34(24)26)19-9-22(14-35)38-15-19/h6,8-11,13,15-16,21,35H,4-5,7,12,14H2,1-3H3,(H,29,36)(H,30,37)/t21-/m0/s1. The van der Waals surface area contributed by atoms with Crippen molar-refractivity contribution < 1.29 is 14.7 Å². The third-order valence-corrected chi connectivity index (χ3v) is 7.80. The summed E-state index contributed by atoms with van der Waals surface area (Å²) < 4.78 is 1.62. The number of rotatable bonds is 8. The van der Waals surface area contributed by atoms with Gasteiger partial charge < -0.3 is 15.7 Å². The first-order valence-electron chi connectivity index (χ1n) is 12.7. The average molecular weight is 534 g/mol. The molecule has 1 fully saturated rings. The number of hydrogen-bond acceptors (Lipinski definition) is 8. The Balaban J connectivity index is 1.28. The number of carbonyl (C=O) groups is 2. The quantitative estimate of drug-likeness (QED) is 0.311. The fraction of sp³-hybridized carbons (Fsp3) is 0.370. The van der Waals surface area contributed by atoms with Crippen LogP contribution in [0.15, 0.2) is 42.0 Å². The highest BCUT2D eigenvalue weighted by Gasteiger charge is 2.28. The molecule has 0 saturated carbocycles. The van der Waals surface area contributed by atoms with Gasteiger partial charge in [-0.15, -0.1) is 21.5 Å². The highest BCUT2D eigenvalue weighted by molar-refractivity contribution is 7.10. The van der Waals surface area contributed by atoms with Crippen molar-refractivity contribution in [2.45, 2.75) is 58.7 Å². The summed E-state index contributed by atoms with van der Waals surface area (Å²) >= 11 is 1.48. The molecule has 2 amide bonds. The summed E-state index contributed by atoms with van der Waals surface area (Å²) in [5.74, 6) is -0.367. The van der Waals surface area contributed by atoms with E-state index in [4.69, 9.17) is 0 Å². The number of aryl methyl sites for hydroxylation is 1. The highest BCUT2D eigenvalue weighted by Crippen LogP contribution is 2.27. The molecule has 1 aliphatic rings. The van der Waals surface area contributed by atoms with Crippen molar-refractivity contribution in [1.29, 1.82) is 0 Å². The molecule has 1 aliphatic heterocycles. The topological polar surface area (TPSA) is 125 Å². The van der Waals surface area contributed by atoms with Crippen LogP contribution in [0.1, 0.15) is 54.3 Å². The fourth-order valence-electron chi connectivity index (χ4n) is 4.93. The number of fused-ring (bicyclic) bond motifs is 1. The maximum Gasteiger partial charge on any atom is 0.294 e. The van der Waals surface area contributed by atoms with Crippen LogP contribution in [-0.4, -0.2) is 60.0 Å². The number of aliphatic hydroxyl groups is 1. The summed E-state index contributed by atoms with van der Waals surface area (Å²) in [5, 5.41) is 25.4. The largest absolute Gasteiger partial charge is 0.391 e. The van der Waals surface area contributed by atoms with Crippen molar-refractivity contribution in [2.24, 2.45) is 0 Å². The molecule has 1 atom stereocenters. The van der Waals surface area contributed by atoms with Crippen molar-refractivity contribution in [3.05, 3.63) is 58.4 Å². The first kappa shape index (κ1) is 26.0. The number of aromatic nitrogens is 4. The Kier molecular flexibility index (Phi) is 7.50. The lowest BCUT2D eigenvalue weighted by Crippen LogP contribution is -2.37. The number of amides is 2. The molecule has 11 heteroatoms. The van der Waals surface area contributed by atoms with E-state index in [9.17, 15) is 14.7 Å². The second-order valence-corrected chi connectivity index (χ2v) is 10.8. The number of hydrogen-bond donors (Lipinski definition) is 3. The number of nitrogens with one attached hydrogen (secondary N) is 2. The maximum atomic E-state index is 13.1. The SMILES string of the molecule is Cc1ncc(NC(=O)C[C@@H]2CCCN2C(C)C)cc1NC(=O)c1nnc2cc(-c3csc(CO)c3)ccn12. The first-order chi connectivity index (χ1) is 18.3. The minimum absolute atomic E-state index is 0.00141. The van der Waals surface area contributed by atoms with Crippen LogP contribution < -0.4 is 10.6 Å². The van der Waals surface area contributed by atoms with Crippen molar-refractivity contribution in [3.8, 4) is 11.1 Å². The van der Waals surface area contributed by atoms with E-state index in [0.29, 0.717) is 35.2 Å². The Hall–Kier alpha value is -3.67. The summed E-state index contributed by atoms with van der Waals surface area (Å²) in [7, 11) is 0. The van der Waals surface area contributed by atoms with Gasteiger partial charge in [-0.2, -0.15) is 0 Å². The van der Waals surface area contributed by atoms with Gasteiger partial charge in [0.15, 0.2) is 5.65 Å². The number of carbonyl (C=O) groups excluding carboxylic acids is 2. The maximum absolute atomic E-state index is 13.1. The van der Waals surface area contributed by atoms with Gasteiger partial charge >= 0.3 is 0 Å². The highest BCUT2D eigenvalue weighted by atomic mass is 32.1. The third kappa shape index (κ3) is 5.45. The lowest BCUT2D eigenvalue weighted by molar-refractivity contribution is -0.117. The molecule has 0 bridgehead atoms. The van der Waals surface area contributed by atoms with E-state index in [1.165, 1.54) is 11.3 Å². The van der Waals surface area contributed by atoms with Gasteiger partial charge in [0.2, 0.25) is 11.7 Å². The Morgan fingerprint density at radius 2 is 2.03 bits per heavy atom. The number of nitrogens with zero attached hydrogens (tertiary/aromatic N) is 5. The predicted molar refractivity (Wildman–Crippen MR) is 147 cm³/mol. The summed E-state index contributed by atoms with van der Waals surface area (Å²) in [5.41, 5.74) is 4.06. The Morgan fingerprint density at radius 3 is 2.79 bits per heavy atom. The predicted octanol–water partition coefficient (Wildman–Crippen LogP) is 4.11. The molecule has 0 aromatic carbocycles. The molecule has 4 aromatic heterocycles. The zero-order valence-electron chi connectivity index (χ0n) is 21.6. The van der Waals surface area contributed by atoms with E-state index in [2.05, 4.69) is 44.6 Å². The molecule has 10 nitrogen and oxygen atoms in total. The van der Waals surface area contributed by atoms with Crippen molar-refractivity contribution >= 4 is 40.2 Å². The Morgan fingerprint density at radius 1 is 1.18 bits per heavy atom. The van der Waals surface area contributed by atoms with Gasteiger partial charge in [-0.3, -0.25) is 23.9 Å². The molecular weight excluding hydrogens is 502 g/mol. The molecular formula is C27H31N7O3S. The van der Waals surface area contributed by atoms with Crippen LogP contribution in [-0.2, 0) is 11.4 Å². The number of thiophene rings is 1. The van der Waals surface area contributed by atoms with E-state index in [1.807, 2.05) is 23.6 Å². The van der Waals surface area contributed by atoms with Crippen LogP contribution in [0.4, 0.5) is 11.4 Å². The smallest absolute Gasteiger partial charge is 0.294 e. The molecule has 0 unspecified atom stereocenters. The summed E-state index contributed by atoms with van der Waals surface area (Å²) in [6, 6.07) is 8.02.